The van der Waals surface area contributed by atoms with Crippen LogP contribution in [0.15, 0.2) is 30.3 Å². The largest absolute Gasteiger partial charge is 0.381 e. The number of alkyl halides is 1. The van der Waals surface area contributed by atoms with Crippen molar-refractivity contribution in [3.63, 3.8) is 0 Å². The average molecular weight is 305 g/mol. The lowest BCUT2D eigenvalue weighted by molar-refractivity contribution is 0.0685. The Hall–Kier alpha value is -1.32. The molecule has 1 aliphatic rings. The van der Waals surface area contributed by atoms with Crippen LogP contribution in [0.25, 0.3) is 10.9 Å². The van der Waals surface area contributed by atoms with Gasteiger partial charge in [-0.1, -0.05) is 18.2 Å². The molecule has 0 saturated carbocycles. The van der Waals surface area contributed by atoms with E-state index in [4.69, 9.17) is 16.3 Å². The molecule has 4 heteroatoms. The molecular formula is C17H21ClN2O. The van der Waals surface area contributed by atoms with E-state index in [1.807, 2.05) is 6.07 Å². The van der Waals surface area contributed by atoms with Gasteiger partial charge in [-0.25, -0.2) is 0 Å². The first-order valence-electron chi connectivity index (χ1n) is 7.51. The van der Waals surface area contributed by atoms with E-state index >= 15 is 0 Å². The summed E-state index contributed by atoms with van der Waals surface area (Å²) in [4.78, 5) is 6.95. The zero-order valence-electron chi connectivity index (χ0n) is 12.4. The maximum atomic E-state index is 6.00. The topological polar surface area (TPSA) is 25.4 Å². The van der Waals surface area contributed by atoms with E-state index in [9.17, 15) is 0 Å². The van der Waals surface area contributed by atoms with Crippen molar-refractivity contribution in [1.82, 2.24) is 4.98 Å². The number of pyridine rings is 1. The van der Waals surface area contributed by atoms with E-state index in [2.05, 4.69) is 41.2 Å². The van der Waals surface area contributed by atoms with Gasteiger partial charge in [-0.15, -0.1) is 11.6 Å². The summed E-state index contributed by atoms with van der Waals surface area (Å²) in [5.74, 6) is 1.15. The second kappa shape index (κ2) is 6.63. The Balaban J connectivity index is 1.90. The number of benzene rings is 1. The van der Waals surface area contributed by atoms with Gasteiger partial charge in [0.1, 0.15) is 0 Å². The number of ether oxygens (including phenoxy) is 1. The Bertz CT molecular complexity index is 611. The molecule has 0 spiro atoms. The second-order valence-corrected chi connectivity index (χ2v) is 5.99. The fraction of sp³-hybridized carbons (Fsp3) is 0.471. The quantitative estimate of drug-likeness (QED) is 0.803. The minimum Gasteiger partial charge on any atom is -0.381 e. The Morgan fingerprint density at radius 2 is 2.05 bits per heavy atom. The Morgan fingerprint density at radius 3 is 2.81 bits per heavy atom. The molecule has 0 amide bonds. The molecule has 1 aromatic carbocycles. The smallest absolute Gasteiger partial charge is 0.0726 e. The average Bonchev–Trinajstić information content (AvgIpc) is 2.54. The van der Waals surface area contributed by atoms with Gasteiger partial charge in [-0.2, -0.15) is 0 Å². The van der Waals surface area contributed by atoms with Crippen molar-refractivity contribution in [3.8, 4) is 0 Å². The number of hydrogen-bond donors (Lipinski definition) is 0. The van der Waals surface area contributed by atoms with Gasteiger partial charge in [-0.05, 0) is 30.9 Å². The van der Waals surface area contributed by atoms with Crippen LogP contribution in [0.2, 0.25) is 0 Å². The number of fused-ring (bicyclic) bond motifs is 1. The first kappa shape index (κ1) is 14.6. The fourth-order valence-electron chi connectivity index (χ4n) is 3.01. The maximum Gasteiger partial charge on any atom is 0.0726 e. The van der Waals surface area contributed by atoms with E-state index < -0.39 is 0 Å². The zero-order chi connectivity index (χ0) is 14.7. The van der Waals surface area contributed by atoms with Crippen molar-refractivity contribution < 1.29 is 4.74 Å². The van der Waals surface area contributed by atoms with Crippen molar-refractivity contribution in [2.45, 2.75) is 18.7 Å². The van der Waals surface area contributed by atoms with E-state index in [1.165, 1.54) is 11.1 Å². The molecule has 112 valence electrons. The Morgan fingerprint density at radius 1 is 1.29 bits per heavy atom. The number of nitrogens with zero attached hydrogens (tertiary/aromatic N) is 2. The summed E-state index contributed by atoms with van der Waals surface area (Å²) in [5.41, 5.74) is 3.18. The number of aromatic nitrogens is 1. The van der Waals surface area contributed by atoms with Crippen LogP contribution in [0.5, 0.6) is 0 Å². The number of hydrogen-bond acceptors (Lipinski definition) is 3. The van der Waals surface area contributed by atoms with Crippen molar-refractivity contribution >= 4 is 28.2 Å². The summed E-state index contributed by atoms with van der Waals surface area (Å²) < 4.78 is 5.45. The summed E-state index contributed by atoms with van der Waals surface area (Å²) in [7, 11) is 2.16. The van der Waals surface area contributed by atoms with E-state index in [0.29, 0.717) is 11.8 Å². The van der Waals surface area contributed by atoms with Gasteiger partial charge in [0.2, 0.25) is 0 Å². The molecule has 3 rings (SSSR count). The first-order chi connectivity index (χ1) is 10.3. The Kier molecular flexibility index (Phi) is 4.61. The minimum atomic E-state index is 0.447. The van der Waals surface area contributed by atoms with Crippen LogP contribution in [-0.4, -0.2) is 31.8 Å². The molecular weight excluding hydrogens is 284 g/mol. The zero-order valence-corrected chi connectivity index (χ0v) is 13.1. The van der Waals surface area contributed by atoms with E-state index in [1.54, 1.807) is 0 Å². The molecule has 0 unspecified atom stereocenters. The molecule has 0 radical (unpaired) electrons. The molecule has 21 heavy (non-hydrogen) atoms. The summed E-state index contributed by atoms with van der Waals surface area (Å²) in [6, 6.07) is 10.4. The third-order valence-electron chi connectivity index (χ3n) is 4.17. The summed E-state index contributed by atoms with van der Waals surface area (Å²) in [6.45, 7) is 2.84. The molecule has 3 nitrogen and oxygen atoms in total. The molecule has 0 aliphatic carbocycles. The number of para-hydroxylation sites is 1. The number of anilines is 1. The van der Waals surface area contributed by atoms with Crippen LogP contribution in [0.4, 0.5) is 5.69 Å². The van der Waals surface area contributed by atoms with Crippen LogP contribution < -0.4 is 4.90 Å². The lowest BCUT2D eigenvalue weighted by atomic mass is 9.99. The molecule has 1 saturated heterocycles. The normalized spacial score (nSPS) is 16.3. The molecule has 0 bridgehead atoms. The molecule has 0 atom stereocenters. The van der Waals surface area contributed by atoms with Gasteiger partial charge in [0.25, 0.3) is 0 Å². The van der Waals surface area contributed by atoms with Gasteiger partial charge in [0.05, 0.1) is 17.1 Å². The molecule has 1 aliphatic heterocycles. The van der Waals surface area contributed by atoms with Gasteiger partial charge in [-0.3, -0.25) is 4.98 Å². The van der Waals surface area contributed by atoms with Crippen molar-refractivity contribution in [2.75, 3.05) is 31.7 Å². The predicted molar refractivity (Wildman–Crippen MR) is 88.1 cm³/mol. The lowest BCUT2D eigenvalue weighted by Gasteiger charge is -2.29. The number of halogens is 1. The Labute approximate surface area is 130 Å². The van der Waals surface area contributed by atoms with Crippen LogP contribution >= 0.6 is 11.6 Å². The van der Waals surface area contributed by atoms with Gasteiger partial charge in [0, 0.05) is 37.9 Å². The minimum absolute atomic E-state index is 0.447. The molecule has 2 heterocycles. The van der Waals surface area contributed by atoms with E-state index in [-0.39, 0.29) is 0 Å². The SMILES string of the molecule is CN(CC1CCOCC1)c1cc(CCl)nc2ccccc12. The third kappa shape index (κ3) is 3.30. The summed E-state index contributed by atoms with van der Waals surface area (Å²) in [6.07, 6.45) is 2.30. The highest BCUT2D eigenvalue weighted by atomic mass is 35.5. The third-order valence-corrected chi connectivity index (χ3v) is 4.44. The fourth-order valence-corrected chi connectivity index (χ4v) is 3.15. The highest BCUT2D eigenvalue weighted by Gasteiger charge is 2.17. The van der Waals surface area contributed by atoms with Crippen molar-refractivity contribution in [3.05, 3.63) is 36.0 Å². The first-order valence-corrected chi connectivity index (χ1v) is 8.05. The lowest BCUT2D eigenvalue weighted by Crippen LogP contribution is -2.29. The second-order valence-electron chi connectivity index (χ2n) is 5.72. The molecule has 2 aromatic rings. The standard InChI is InChI=1S/C17H21ClN2O/c1-20(12-13-6-8-21-9-7-13)17-10-14(11-18)19-16-5-3-2-4-15(16)17/h2-5,10,13H,6-9,11-12H2,1H3. The van der Waals surface area contributed by atoms with Gasteiger partial charge >= 0.3 is 0 Å². The highest BCUT2D eigenvalue weighted by molar-refractivity contribution is 6.17. The van der Waals surface area contributed by atoms with Crippen LogP contribution in [0.1, 0.15) is 18.5 Å². The molecule has 0 N–H and O–H groups in total. The van der Waals surface area contributed by atoms with Crippen molar-refractivity contribution in [2.24, 2.45) is 5.92 Å². The summed E-state index contributed by atoms with van der Waals surface area (Å²) in [5, 5.41) is 1.20. The molecule has 1 aromatic heterocycles. The highest BCUT2D eigenvalue weighted by Crippen LogP contribution is 2.28. The van der Waals surface area contributed by atoms with Gasteiger partial charge in [0.15, 0.2) is 0 Å². The van der Waals surface area contributed by atoms with E-state index in [0.717, 1.165) is 43.8 Å². The van der Waals surface area contributed by atoms with Crippen molar-refractivity contribution in [1.29, 1.82) is 0 Å². The van der Waals surface area contributed by atoms with Crippen LogP contribution in [-0.2, 0) is 10.6 Å². The number of rotatable bonds is 4. The predicted octanol–water partition coefficient (Wildman–Crippen LogP) is 3.84. The molecule has 1 fully saturated rings. The maximum absolute atomic E-state index is 6.00. The monoisotopic (exact) mass is 304 g/mol. The van der Waals surface area contributed by atoms with Crippen LogP contribution in [0.3, 0.4) is 0 Å². The van der Waals surface area contributed by atoms with Gasteiger partial charge < -0.3 is 9.64 Å². The summed E-state index contributed by atoms with van der Waals surface area (Å²) >= 11 is 6.00. The van der Waals surface area contributed by atoms with Crippen LogP contribution in [0, 0.1) is 5.92 Å².